The van der Waals surface area contributed by atoms with Gasteiger partial charge in [-0.05, 0) is 44.0 Å². The molecule has 0 bridgehead atoms. The van der Waals surface area contributed by atoms with Crippen LogP contribution in [-0.2, 0) is 4.79 Å². The van der Waals surface area contributed by atoms with Gasteiger partial charge in [0.15, 0.2) is 0 Å². The first kappa shape index (κ1) is 14.4. The molecular weight excluding hydrogens is 230 g/mol. The molecule has 1 unspecified atom stereocenters. The molecule has 0 radical (unpaired) electrons. The van der Waals surface area contributed by atoms with Crippen molar-refractivity contribution in [2.75, 3.05) is 18.5 Å². The lowest BCUT2D eigenvalue weighted by atomic mass is 10.1. The molecule has 0 fully saturated rings. The van der Waals surface area contributed by atoms with Gasteiger partial charge in [-0.2, -0.15) is 0 Å². The summed E-state index contributed by atoms with van der Waals surface area (Å²) in [5, 5.41) is 12.0. The van der Waals surface area contributed by atoms with Crippen molar-refractivity contribution in [1.82, 2.24) is 0 Å². The average molecular weight is 251 g/mol. The molecule has 0 spiro atoms. The van der Waals surface area contributed by atoms with Crippen LogP contribution < -0.4 is 10.1 Å². The fourth-order valence-corrected chi connectivity index (χ4v) is 1.63. The van der Waals surface area contributed by atoms with Gasteiger partial charge >= 0.3 is 5.97 Å². The summed E-state index contributed by atoms with van der Waals surface area (Å²) in [5.74, 6) is -0.178. The summed E-state index contributed by atoms with van der Waals surface area (Å²) in [7, 11) is 0. The van der Waals surface area contributed by atoms with Gasteiger partial charge in [-0.25, -0.2) is 0 Å². The van der Waals surface area contributed by atoms with Crippen LogP contribution in [0.25, 0.3) is 0 Å². The Morgan fingerprint density at radius 2 is 2.22 bits per heavy atom. The number of nitrogens with one attached hydrogen (secondary N) is 1. The van der Waals surface area contributed by atoms with Gasteiger partial charge in [0.05, 0.1) is 12.5 Å². The predicted molar refractivity (Wildman–Crippen MR) is 72.3 cm³/mol. The summed E-state index contributed by atoms with van der Waals surface area (Å²) >= 11 is 0. The van der Waals surface area contributed by atoms with Gasteiger partial charge in [-0.3, -0.25) is 4.79 Å². The summed E-state index contributed by atoms with van der Waals surface area (Å²) in [5.41, 5.74) is 2.07. The molecule has 1 atom stereocenters. The molecule has 100 valence electrons. The van der Waals surface area contributed by atoms with Gasteiger partial charge in [0.1, 0.15) is 5.75 Å². The molecule has 1 aromatic rings. The lowest BCUT2D eigenvalue weighted by molar-refractivity contribution is -0.141. The number of rotatable bonds is 7. The smallest absolute Gasteiger partial charge is 0.306 e. The zero-order valence-electron chi connectivity index (χ0n) is 11.2. The normalized spacial score (nSPS) is 11.9. The predicted octanol–water partition coefficient (Wildman–Crippen LogP) is 2.92. The molecule has 0 aliphatic heterocycles. The Kier molecular flexibility index (Phi) is 5.49. The van der Waals surface area contributed by atoms with E-state index in [1.54, 1.807) is 6.92 Å². The molecule has 0 amide bonds. The summed E-state index contributed by atoms with van der Waals surface area (Å²) in [6, 6.07) is 5.89. The minimum Gasteiger partial charge on any atom is -0.494 e. The summed E-state index contributed by atoms with van der Waals surface area (Å²) < 4.78 is 5.46. The highest BCUT2D eigenvalue weighted by Gasteiger charge is 2.09. The van der Waals surface area contributed by atoms with Gasteiger partial charge in [0.25, 0.3) is 0 Å². The topological polar surface area (TPSA) is 58.6 Å². The molecule has 0 saturated carbocycles. The number of aryl methyl sites for hydroxylation is 1. The molecule has 0 aromatic heterocycles. The van der Waals surface area contributed by atoms with Gasteiger partial charge in [0, 0.05) is 12.2 Å². The van der Waals surface area contributed by atoms with Crippen LogP contribution in [0.4, 0.5) is 5.69 Å². The quantitative estimate of drug-likeness (QED) is 0.782. The maximum Gasteiger partial charge on any atom is 0.306 e. The van der Waals surface area contributed by atoms with Crippen LogP contribution in [0.3, 0.4) is 0 Å². The SMILES string of the molecule is CCOc1ccc(NCCC(C)C(=O)O)cc1C. The van der Waals surface area contributed by atoms with E-state index in [0.29, 0.717) is 19.6 Å². The second kappa shape index (κ2) is 6.89. The van der Waals surface area contributed by atoms with Crippen LogP contribution in [-0.4, -0.2) is 24.2 Å². The van der Waals surface area contributed by atoms with Gasteiger partial charge in [-0.15, -0.1) is 0 Å². The Hall–Kier alpha value is -1.71. The number of carboxylic acid groups (broad SMARTS) is 1. The number of anilines is 1. The van der Waals surface area contributed by atoms with E-state index in [9.17, 15) is 4.79 Å². The van der Waals surface area contributed by atoms with E-state index in [-0.39, 0.29) is 5.92 Å². The van der Waals surface area contributed by atoms with Crippen LogP contribution in [0.15, 0.2) is 18.2 Å². The zero-order chi connectivity index (χ0) is 13.5. The highest BCUT2D eigenvalue weighted by Crippen LogP contribution is 2.22. The third-order valence-corrected chi connectivity index (χ3v) is 2.80. The molecule has 0 heterocycles. The number of hydrogen-bond acceptors (Lipinski definition) is 3. The molecule has 0 aliphatic carbocycles. The monoisotopic (exact) mass is 251 g/mol. The van der Waals surface area contributed by atoms with Crippen LogP contribution in [0.2, 0.25) is 0 Å². The Balaban J connectivity index is 2.48. The summed E-state index contributed by atoms with van der Waals surface area (Å²) in [4.78, 5) is 10.7. The molecule has 1 rings (SSSR count). The Bertz CT molecular complexity index is 404. The van der Waals surface area contributed by atoms with Gasteiger partial charge in [0.2, 0.25) is 0 Å². The number of ether oxygens (including phenoxy) is 1. The van der Waals surface area contributed by atoms with Crippen molar-refractivity contribution < 1.29 is 14.6 Å². The number of hydrogen-bond donors (Lipinski definition) is 2. The largest absolute Gasteiger partial charge is 0.494 e. The molecular formula is C14H21NO3. The van der Waals surface area contributed by atoms with Crippen LogP contribution in [0.5, 0.6) is 5.75 Å². The van der Waals surface area contributed by atoms with Crippen molar-refractivity contribution in [3.63, 3.8) is 0 Å². The average Bonchev–Trinajstić information content (AvgIpc) is 2.32. The highest BCUT2D eigenvalue weighted by molar-refractivity contribution is 5.69. The van der Waals surface area contributed by atoms with Crippen molar-refractivity contribution in [1.29, 1.82) is 0 Å². The summed E-state index contributed by atoms with van der Waals surface area (Å²) in [6.07, 6.45) is 0.613. The van der Waals surface area contributed by atoms with Crippen molar-refractivity contribution >= 4 is 11.7 Å². The molecule has 18 heavy (non-hydrogen) atoms. The van der Waals surface area contributed by atoms with Crippen molar-refractivity contribution in [3.05, 3.63) is 23.8 Å². The third-order valence-electron chi connectivity index (χ3n) is 2.80. The maximum atomic E-state index is 10.7. The molecule has 4 heteroatoms. The molecule has 4 nitrogen and oxygen atoms in total. The number of aliphatic carboxylic acids is 1. The first-order valence-electron chi connectivity index (χ1n) is 6.24. The van der Waals surface area contributed by atoms with E-state index in [0.717, 1.165) is 17.0 Å². The van der Waals surface area contributed by atoms with E-state index < -0.39 is 5.97 Å². The minimum absolute atomic E-state index is 0.318. The first-order valence-corrected chi connectivity index (χ1v) is 6.24. The van der Waals surface area contributed by atoms with E-state index in [1.807, 2.05) is 32.0 Å². The van der Waals surface area contributed by atoms with Crippen molar-refractivity contribution in [3.8, 4) is 5.75 Å². The lowest BCUT2D eigenvalue weighted by Gasteiger charge is -2.12. The second-order valence-electron chi connectivity index (χ2n) is 4.37. The Labute approximate surface area is 108 Å². The molecule has 0 saturated heterocycles. The fraction of sp³-hybridized carbons (Fsp3) is 0.500. The first-order chi connectivity index (χ1) is 8.54. The van der Waals surface area contributed by atoms with E-state index >= 15 is 0 Å². The zero-order valence-corrected chi connectivity index (χ0v) is 11.2. The number of carbonyl (C=O) groups is 1. The highest BCUT2D eigenvalue weighted by atomic mass is 16.5. The number of carboxylic acids is 1. The Morgan fingerprint density at radius 3 is 2.78 bits per heavy atom. The van der Waals surface area contributed by atoms with Gasteiger partial charge in [-0.1, -0.05) is 6.92 Å². The molecule has 0 aliphatic rings. The molecule has 2 N–H and O–H groups in total. The van der Waals surface area contributed by atoms with Crippen LogP contribution in [0.1, 0.15) is 25.8 Å². The fourth-order valence-electron chi connectivity index (χ4n) is 1.63. The van der Waals surface area contributed by atoms with E-state index in [2.05, 4.69) is 5.32 Å². The third kappa shape index (κ3) is 4.28. The summed E-state index contributed by atoms with van der Waals surface area (Å²) in [6.45, 7) is 6.98. The minimum atomic E-state index is -0.750. The van der Waals surface area contributed by atoms with E-state index in [1.165, 1.54) is 0 Å². The van der Waals surface area contributed by atoms with Crippen molar-refractivity contribution in [2.24, 2.45) is 5.92 Å². The lowest BCUT2D eigenvalue weighted by Crippen LogP contribution is -2.14. The Morgan fingerprint density at radius 1 is 1.50 bits per heavy atom. The van der Waals surface area contributed by atoms with E-state index in [4.69, 9.17) is 9.84 Å². The molecule has 1 aromatic carbocycles. The van der Waals surface area contributed by atoms with Crippen LogP contribution >= 0.6 is 0 Å². The number of benzene rings is 1. The second-order valence-corrected chi connectivity index (χ2v) is 4.37. The maximum absolute atomic E-state index is 10.7. The van der Waals surface area contributed by atoms with Crippen LogP contribution in [0, 0.1) is 12.8 Å². The van der Waals surface area contributed by atoms with Crippen molar-refractivity contribution in [2.45, 2.75) is 27.2 Å². The van der Waals surface area contributed by atoms with Gasteiger partial charge < -0.3 is 15.2 Å². The standard InChI is InChI=1S/C14H21NO3/c1-4-18-13-6-5-12(9-11(13)3)15-8-7-10(2)14(16)17/h5-6,9-10,15H,4,7-8H2,1-3H3,(H,16,17).